The first-order valence-electron chi connectivity index (χ1n) is 13.2. The summed E-state index contributed by atoms with van der Waals surface area (Å²) in [4.78, 5) is 29.0. The van der Waals surface area contributed by atoms with Gasteiger partial charge in [0.15, 0.2) is 0 Å². The number of hydrogen-bond acceptors (Lipinski definition) is 6. The molecule has 8 nitrogen and oxygen atoms in total. The van der Waals surface area contributed by atoms with Crippen LogP contribution in [0.15, 0.2) is 66.3 Å². The number of hydrogen-bond donors (Lipinski definition) is 4. The third kappa shape index (κ3) is 12.2. The van der Waals surface area contributed by atoms with Gasteiger partial charge in [-0.15, -0.1) is 0 Å². The van der Waals surface area contributed by atoms with Crippen molar-refractivity contribution in [3.63, 3.8) is 0 Å². The van der Waals surface area contributed by atoms with Crippen molar-refractivity contribution in [2.45, 2.75) is 48.0 Å². The normalized spacial score (nSPS) is 10.1. The molecule has 0 bridgehead atoms. The van der Waals surface area contributed by atoms with Crippen molar-refractivity contribution in [3.05, 3.63) is 88.6 Å². The number of phenolic OH excluding ortho intramolecular Hbond substituents is 1. The van der Waals surface area contributed by atoms with Crippen LogP contribution in [-0.4, -0.2) is 59.6 Å². The third-order valence-corrected chi connectivity index (χ3v) is 5.00. The van der Waals surface area contributed by atoms with Crippen LogP contribution in [0.25, 0.3) is 16.5 Å². The number of allylic oxidation sites excluding steroid dienone is 4. The number of pyridine rings is 1. The minimum Gasteiger partial charge on any atom is -0.508 e. The Kier molecular flexibility index (Phi) is 18.0. The number of carbonyl (C=O) groups excluding carboxylic acids is 1. The van der Waals surface area contributed by atoms with Gasteiger partial charge in [0.25, 0.3) is 5.91 Å². The summed E-state index contributed by atoms with van der Waals surface area (Å²) < 4.78 is 4.25. The van der Waals surface area contributed by atoms with E-state index in [9.17, 15) is 19.8 Å². The molecule has 0 aliphatic heterocycles. The van der Waals surface area contributed by atoms with E-state index in [0.29, 0.717) is 23.9 Å². The Morgan fingerprint density at radius 1 is 1.02 bits per heavy atom. The van der Waals surface area contributed by atoms with E-state index in [2.05, 4.69) is 15.0 Å². The van der Waals surface area contributed by atoms with Gasteiger partial charge in [-0.1, -0.05) is 49.8 Å². The lowest BCUT2D eigenvalue weighted by Crippen LogP contribution is -2.27. The first-order valence-corrected chi connectivity index (χ1v) is 13.2. The summed E-state index contributed by atoms with van der Waals surface area (Å²) in [6.07, 6.45) is 4.58. The van der Waals surface area contributed by atoms with Crippen LogP contribution in [0, 0.1) is 0 Å². The molecule has 0 aliphatic rings. The molecule has 4 N–H and O–H groups in total. The quantitative estimate of drug-likeness (QED) is 0.254. The number of aromatic carboxylic acids is 1. The summed E-state index contributed by atoms with van der Waals surface area (Å²) >= 11 is 0. The Morgan fingerprint density at radius 2 is 1.60 bits per heavy atom. The molecule has 2 aromatic carbocycles. The number of aromatic hydroxyl groups is 1. The maximum absolute atomic E-state index is 12.6. The molecule has 0 fully saturated rings. The topological polar surface area (TPSA) is 129 Å². The summed E-state index contributed by atoms with van der Waals surface area (Å²) in [7, 11) is 3.25. The van der Waals surface area contributed by atoms with E-state index in [1.807, 2.05) is 52.8 Å². The molecule has 0 aliphatic carbocycles. The molecule has 1 amide bonds. The Balaban J connectivity index is 0.00000171. The number of phenols is 1. The largest absolute Gasteiger partial charge is 0.508 e. The first-order chi connectivity index (χ1) is 19.1. The fourth-order valence-electron chi connectivity index (χ4n) is 3.42. The minimum absolute atomic E-state index is 0.0354. The summed E-state index contributed by atoms with van der Waals surface area (Å²) in [6.45, 7) is 12.2. The number of aliphatic hydroxyl groups excluding tert-OH is 1. The maximum atomic E-state index is 12.6. The number of nitrogens with one attached hydrogen (secondary N) is 1. The van der Waals surface area contributed by atoms with Crippen molar-refractivity contribution in [1.29, 1.82) is 0 Å². The second-order valence-electron chi connectivity index (χ2n) is 8.45. The Labute approximate surface area is 238 Å². The number of carbonyl (C=O) groups is 2. The van der Waals surface area contributed by atoms with Crippen molar-refractivity contribution in [2.75, 3.05) is 27.4 Å². The molecule has 1 aromatic heterocycles. The number of amides is 1. The molecule has 218 valence electrons. The number of carboxylic acid groups (broad SMARTS) is 1. The van der Waals surface area contributed by atoms with Gasteiger partial charge in [0.1, 0.15) is 11.4 Å². The maximum Gasteiger partial charge on any atom is 0.336 e. The molecule has 3 rings (SSSR count). The smallest absolute Gasteiger partial charge is 0.336 e. The second kappa shape index (κ2) is 20.0. The fraction of sp³-hybridized carbons (Fsp3) is 0.344. The van der Waals surface area contributed by atoms with E-state index >= 15 is 0 Å². The van der Waals surface area contributed by atoms with Crippen LogP contribution in [0.3, 0.4) is 0 Å². The monoisotopic (exact) mass is 552 g/mol. The van der Waals surface area contributed by atoms with Crippen LogP contribution in [-0.2, 0) is 11.2 Å². The van der Waals surface area contributed by atoms with Gasteiger partial charge in [0, 0.05) is 32.8 Å². The summed E-state index contributed by atoms with van der Waals surface area (Å²) in [6, 6.07) is 13.5. The Hall–Kier alpha value is -4.01. The van der Waals surface area contributed by atoms with Gasteiger partial charge >= 0.3 is 5.97 Å². The van der Waals surface area contributed by atoms with Crippen LogP contribution >= 0.6 is 0 Å². The SMILES string of the molecule is C/C=C(\C=C(C)C)c1ccc2nc(C(=O)NCCc3ccc(O)cc3)cc(C(=O)O)c2c1.CC.CCO.COC. The number of aliphatic hydroxyl groups is 1. The third-order valence-electron chi connectivity index (χ3n) is 5.00. The molecule has 0 spiro atoms. The highest BCUT2D eigenvalue weighted by Crippen LogP contribution is 2.25. The standard InChI is InChI=1S/C26H26N2O4.2C2H6O.C2H6/c1-4-18(13-16(2)3)19-7-10-23-21(14-19)22(26(31)32)15-24(28-23)25(30)27-12-11-17-5-8-20(29)9-6-17;1-3-2;1-2-3;1-2/h4-10,13-15,29H,11-12H2,1-3H3,(H,27,30)(H,31,32);1-2H3;3H,2H2,1H3;1-2H3/b18-4+;;;. The van der Waals surface area contributed by atoms with Crippen molar-refractivity contribution in [2.24, 2.45) is 0 Å². The Bertz CT molecular complexity index is 1260. The molecule has 0 saturated heterocycles. The molecule has 0 radical (unpaired) electrons. The van der Waals surface area contributed by atoms with E-state index in [0.717, 1.165) is 22.3 Å². The first kappa shape index (κ1) is 36.0. The van der Waals surface area contributed by atoms with Gasteiger partial charge in [-0.3, -0.25) is 4.79 Å². The van der Waals surface area contributed by atoms with Gasteiger partial charge in [-0.25, -0.2) is 9.78 Å². The number of ether oxygens (including phenoxy) is 1. The van der Waals surface area contributed by atoms with E-state index < -0.39 is 11.9 Å². The highest BCUT2D eigenvalue weighted by Gasteiger charge is 2.17. The van der Waals surface area contributed by atoms with Crippen LogP contribution in [0.2, 0.25) is 0 Å². The van der Waals surface area contributed by atoms with E-state index in [1.54, 1.807) is 57.5 Å². The molecule has 8 heteroatoms. The van der Waals surface area contributed by atoms with E-state index in [4.69, 9.17) is 5.11 Å². The van der Waals surface area contributed by atoms with Gasteiger partial charge in [-0.2, -0.15) is 0 Å². The van der Waals surface area contributed by atoms with Crippen molar-refractivity contribution in [3.8, 4) is 5.75 Å². The molecule has 0 unspecified atom stereocenters. The summed E-state index contributed by atoms with van der Waals surface area (Å²) in [5.74, 6) is -1.36. The van der Waals surface area contributed by atoms with Crippen LogP contribution in [0.5, 0.6) is 5.75 Å². The van der Waals surface area contributed by atoms with E-state index in [-0.39, 0.29) is 23.6 Å². The number of carboxylic acids is 1. The minimum atomic E-state index is -1.11. The average Bonchev–Trinajstić information content (AvgIpc) is 2.93. The number of methoxy groups -OCH3 is 1. The van der Waals surface area contributed by atoms with Gasteiger partial charge in [-0.05, 0) is 81.1 Å². The molecule has 40 heavy (non-hydrogen) atoms. The van der Waals surface area contributed by atoms with E-state index in [1.165, 1.54) is 6.07 Å². The fourth-order valence-corrected chi connectivity index (χ4v) is 3.42. The zero-order valence-corrected chi connectivity index (χ0v) is 24.9. The number of nitrogens with zero attached hydrogens (tertiary/aromatic N) is 1. The second-order valence-corrected chi connectivity index (χ2v) is 8.45. The molecule has 3 aromatic rings. The summed E-state index contributed by atoms with van der Waals surface area (Å²) in [5.41, 5.74) is 4.51. The van der Waals surface area contributed by atoms with Crippen molar-refractivity contribution < 1.29 is 29.6 Å². The molecule has 1 heterocycles. The van der Waals surface area contributed by atoms with Crippen LogP contribution < -0.4 is 5.32 Å². The molecular formula is C32H44N2O6. The van der Waals surface area contributed by atoms with Gasteiger partial charge < -0.3 is 25.4 Å². The lowest BCUT2D eigenvalue weighted by molar-refractivity contribution is 0.0699. The van der Waals surface area contributed by atoms with Crippen molar-refractivity contribution in [1.82, 2.24) is 10.3 Å². The molecular weight excluding hydrogens is 508 g/mol. The lowest BCUT2D eigenvalue weighted by Gasteiger charge is -2.10. The molecule has 0 atom stereocenters. The van der Waals surface area contributed by atoms with Gasteiger partial charge in [0.2, 0.25) is 0 Å². The molecule has 0 saturated carbocycles. The predicted octanol–water partition coefficient (Wildman–Crippen LogP) is 6.27. The number of fused-ring (bicyclic) bond motifs is 1. The highest BCUT2D eigenvalue weighted by molar-refractivity contribution is 6.06. The number of rotatable bonds is 7. The van der Waals surface area contributed by atoms with Crippen molar-refractivity contribution >= 4 is 28.4 Å². The van der Waals surface area contributed by atoms with Crippen LogP contribution in [0.4, 0.5) is 0 Å². The Morgan fingerprint density at radius 3 is 2.10 bits per heavy atom. The average molecular weight is 553 g/mol. The van der Waals surface area contributed by atoms with Crippen LogP contribution in [0.1, 0.15) is 73.5 Å². The lowest BCUT2D eigenvalue weighted by atomic mass is 9.98. The predicted molar refractivity (Wildman–Crippen MR) is 163 cm³/mol. The summed E-state index contributed by atoms with van der Waals surface area (Å²) in [5, 5.41) is 29.9. The highest BCUT2D eigenvalue weighted by atomic mass is 16.4. The number of aromatic nitrogens is 1. The number of benzene rings is 2. The zero-order chi connectivity index (χ0) is 30.7. The zero-order valence-electron chi connectivity index (χ0n) is 24.9. The van der Waals surface area contributed by atoms with Gasteiger partial charge in [0.05, 0.1) is 11.1 Å².